The van der Waals surface area contributed by atoms with E-state index in [1.54, 1.807) is 6.08 Å². The van der Waals surface area contributed by atoms with Crippen LogP contribution < -0.4 is 5.32 Å². The number of hydrogen-bond acceptors (Lipinski definition) is 3. The zero-order valence-corrected chi connectivity index (χ0v) is 17.5. The van der Waals surface area contributed by atoms with E-state index in [4.69, 9.17) is 14.9 Å². The molecule has 1 unspecified atom stereocenters. The lowest BCUT2D eigenvalue weighted by Crippen LogP contribution is -2.37. The summed E-state index contributed by atoms with van der Waals surface area (Å²) in [6.07, 6.45) is 8.93. The number of carboxylic acid groups (broad SMARTS) is 1. The van der Waals surface area contributed by atoms with Crippen LogP contribution in [0.1, 0.15) is 53.4 Å². The summed E-state index contributed by atoms with van der Waals surface area (Å²) in [4.78, 5) is 40.6. The Bertz CT molecular complexity index is 641. The first kappa shape index (κ1) is 25.3. The van der Waals surface area contributed by atoms with Crippen molar-refractivity contribution >= 4 is 19.5 Å². The van der Waals surface area contributed by atoms with Crippen molar-refractivity contribution in [3.8, 4) is 0 Å². The smallest absolute Gasteiger partial charge is 0.326 e. The molecule has 0 aromatic rings. The second-order valence-corrected chi connectivity index (χ2v) is 8.64. The Balaban J connectivity index is 4.37. The van der Waals surface area contributed by atoms with Crippen LogP contribution in [0.4, 0.5) is 0 Å². The molecule has 0 aromatic heterocycles. The number of amides is 1. The molecule has 0 aliphatic heterocycles. The van der Waals surface area contributed by atoms with Crippen molar-refractivity contribution in [2.45, 2.75) is 53.4 Å². The maximum Gasteiger partial charge on any atom is 0.326 e. The molecule has 0 aromatic carbocycles. The fourth-order valence-corrected chi connectivity index (χ4v) is 3.10. The molecule has 0 radical (unpaired) electrons. The topological polar surface area (TPSA) is 124 Å². The maximum atomic E-state index is 11.8. The predicted octanol–water partition coefficient (Wildman–Crippen LogP) is 3.40. The summed E-state index contributed by atoms with van der Waals surface area (Å²) in [5, 5.41) is 11.3. The molecule has 27 heavy (non-hydrogen) atoms. The van der Waals surface area contributed by atoms with Crippen LogP contribution in [0.2, 0.25) is 0 Å². The summed E-state index contributed by atoms with van der Waals surface area (Å²) < 4.78 is 10.9. The molecule has 1 atom stereocenters. The van der Waals surface area contributed by atoms with Crippen LogP contribution in [-0.2, 0) is 14.2 Å². The Morgan fingerprint density at radius 1 is 0.963 bits per heavy atom. The van der Waals surface area contributed by atoms with Gasteiger partial charge in [-0.25, -0.2) is 0 Å². The number of carboxylic acids is 1. The van der Waals surface area contributed by atoms with Gasteiger partial charge in [-0.15, -0.1) is 0 Å². The molecule has 1 amide bonds. The van der Waals surface area contributed by atoms with Gasteiger partial charge in [0.25, 0.3) is 0 Å². The number of allylic oxidation sites excluding steroid dienone is 5. The Morgan fingerprint density at radius 3 is 1.96 bits per heavy atom. The highest BCUT2D eigenvalue weighted by molar-refractivity contribution is 7.51. The van der Waals surface area contributed by atoms with E-state index in [9.17, 15) is 14.2 Å². The van der Waals surface area contributed by atoms with Crippen molar-refractivity contribution < 1.29 is 29.0 Å². The van der Waals surface area contributed by atoms with E-state index < -0.39 is 31.6 Å². The molecule has 0 spiro atoms. The number of carbonyl (C=O) groups is 2. The maximum absolute atomic E-state index is 11.8. The lowest BCUT2D eigenvalue weighted by Gasteiger charge is -2.12. The Hall–Kier alpha value is -1.69. The highest BCUT2D eigenvalue weighted by Crippen LogP contribution is 2.36. The molecule has 0 saturated heterocycles. The van der Waals surface area contributed by atoms with Crippen LogP contribution in [0.15, 0.2) is 34.9 Å². The zero-order valence-electron chi connectivity index (χ0n) is 16.6. The highest BCUT2D eigenvalue weighted by atomic mass is 31.2. The number of hydrogen-bond donors (Lipinski definition) is 4. The molecular weight excluding hydrogens is 369 g/mol. The lowest BCUT2D eigenvalue weighted by atomic mass is 10.1. The lowest BCUT2D eigenvalue weighted by molar-refractivity contribution is -0.146. The van der Waals surface area contributed by atoms with Gasteiger partial charge in [0.15, 0.2) is 0 Å². The summed E-state index contributed by atoms with van der Waals surface area (Å²) in [5.41, 5.74) is 3.69. The van der Waals surface area contributed by atoms with E-state index >= 15 is 0 Å². The van der Waals surface area contributed by atoms with Gasteiger partial charge in [-0.05, 0) is 53.4 Å². The standard InChI is InChI=1S/C19H32NO6P/c1-14(2)7-5-8-15(3)9-6-10-16(4)11-12-20-18(21)17(19(22)23)13-27(24,25)26/h7,9,11,17H,5-6,8,10,12-13H2,1-4H3,(H,20,21)(H,22,23)(H2,24,25,26)/b15-9+,16-11+. The van der Waals surface area contributed by atoms with Gasteiger partial charge in [0.1, 0.15) is 5.92 Å². The molecular formula is C19H32NO6P. The average molecular weight is 401 g/mol. The van der Waals surface area contributed by atoms with Crippen molar-refractivity contribution in [1.82, 2.24) is 5.32 Å². The highest BCUT2D eigenvalue weighted by Gasteiger charge is 2.33. The third-order valence-electron chi connectivity index (χ3n) is 3.88. The van der Waals surface area contributed by atoms with Crippen LogP contribution in [-0.4, -0.2) is 39.5 Å². The first-order valence-corrected chi connectivity index (χ1v) is 10.7. The fourth-order valence-electron chi connectivity index (χ4n) is 2.30. The summed E-state index contributed by atoms with van der Waals surface area (Å²) in [5.74, 6) is -4.21. The molecule has 0 fully saturated rings. The molecule has 0 aliphatic carbocycles. The average Bonchev–Trinajstić information content (AvgIpc) is 2.51. The fraction of sp³-hybridized carbons (Fsp3) is 0.579. The van der Waals surface area contributed by atoms with E-state index in [2.05, 4.69) is 38.2 Å². The third kappa shape index (κ3) is 14.1. The second kappa shape index (κ2) is 12.7. The minimum Gasteiger partial charge on any atom is -0.481 e. The summed E-state index contributed by atoms with van der Waals surface area (Å²) in [6, 6.07) is 0. The van der Waals surface area contributed by atoms with Crippen molar-refractivity contribution in [2.75, 3.05) is 12.7 Å². The number of aliphatic carboxylic acids is 1. The van der Waals surface area contributed by atoms with E-state index in [0.717, 1.165) is 31.3 Å². The van der Waals surface area contributed by atoms with Gasteiger partial charge in [-0.2, -0.15) is 0 Å². The Labute approximate surface area is 161 Å². The van der Waals surface area contributed by atoms with E-state index in [1.165, 1.54) is 11.1 Å². The molecule has 0 heterocycles. The quantitative estimate of drug-likeness (QED) is 0.226. The van der Waals surface area contributed by atoms with Gasteiger partial charge >= 0.3 is 13.6 Å². The van der Waals surface area contributed by atoms with E-state index in [1.807, 2.05) is 6.92 Å². The first-order valence-electron chi connectivity index (χ1n) is 8.92. The molecule has 154 valence electrons. The molecule has 0 saturated carbocycles. The van der Waals surface area contributed by atoms with Crippen LogP contribution >= 0.6 is 7.60 Å². The van der Waals surface area contributed by atoms with Crippen LogP contribution in [0, 0.1) is 5.92 Å². The van der Waals surface area contributed by atoms with Gasteiger partial charge in [0, 0.05) is 6.54 Å². The number of carbonyl (C=O) groups excluding carboxylic acids is 1. The molecule has 0 aliphatic rings. The molecule has 7 nitrogen and oxygen atoms in total. The van der Waals surface area contributed by atoms with Crippen LogP contribution in [0.25, 0.3) is 0 Å². The minimum absolute atomic E-state index is 0.124. The van der Waals surface area contributed by atoms with Crippen LogP contribution in [0.5, 0.6) is 0 Å². The number of nitrogens with one attached hydrogen (secondary N) is 1. The number of rotatable bonds is 12. The minimum atomic E-state index is -4.59. The van der Waals surface area contributed by atoms with Crippen molar-refractivity contribution in [3.63, 3.8) is 0 Å². The predicted molar refractivity (Wildman–Crippen MR) is 106 cm³/mol. The van der Waals surface area contributed by atoms with Crippen molar-refractivity contribution in [2.24, 2.45) is 5.92 Å². The largest absolute Gasteiger partial charge is 0.481 e. The summed E-state index contributed by atoms with van der Waals surface area (Å²) in [6.45, 7) is 8.31. The first-order chi connectivity index (χ1) is 12.4. The molecule has 4 N–H and O–H groups in total. The summed E-state index contributed by atoms with van der Waals surface area (Å²) >= 11 is 0. The molecule has 0 rings (SSSR count). The Morgan fingerprint density at radius 2 is 1.48 bits per heavy atom. The third-order valence-corrected chi connectivity index (χ3v) is 4.73. The van der Waals surface area contributed by atoms with E-state index in [0.29, 0.717) is 0 Å². The van der Waals surface area contributed by atoms with Gasteiger partial charge in [0.05, 0.1) is 6.16 Å². The van der Waals surface area contributed by atoms with Gasteiger partial charge in [-0.3, -0.25) is 14.2 Å². The van der Waals surface area contributed by atoms with Crippen molar-refractivity contribution in [1.29, 1.82) is 0 Å². The normalized spacial score (nSPS) is 13.9. The molecule has 8 heteroatoms. The van der Waals surface area contributed by atoms with Gasteiger partial charge in [0.2, 0.25) is 5.91 Å². The zero-order chi connectivity index (χ0) is 21.0. The van der Waals surface area contributed by atoms with E-state index in [-0.39, 0.29) is 6.54 Å². The molecule has 0 bridgehead atoms. The van der Waals surface area contributed by atoms with Crippen molar-refractivity contribution in [3.05, 3.63) is 34.9 Å². The Kier molecular flexibility index (Phi) is 11.9. The van der Waals surface area contributed by atoms with Gasteiger partial charge in [-0.1, -0.05) is 34.9 Å². The van der Waals surface area contributed by atoms with Crippen LogP contribution in [0.3, 0.4) is 0 Å². The SMILES string of the molecule is CC(C)=CCC/C(C)=C/CC/C(C)=C/CNC(=O)C(CP(=O)(O)O)C(=O)O. The second-order valence-electron chi connectivity index (χ2n) is 6.94. The monoisotopic (exact) mass is 401 g/mol. The summed E-state index contributed by atoms with van der Waals surface area (Å²) in [7, 11) is -4.59. The van der Waals surface area contributed by atoms with Gasteiger partial charge < -0.3 is 20.2 Å².